The lowest BCUT2D eigenvalue weighted by Crippen LogP contribution is -2.49. The van der Waals surface area contributed by atoms with Crippen LogP contribution in [0.25, 0.3) is 0 Å². The van der Waals surface area contributed by atoms with Crippen LogP contribution in [0.4, 0.5) is 0 Å². The summed E-state index contributed by atoms with van der Waals surface area (Å²) in [6.07, 6.45) is 1.96. The highest BCUT2D eigenvalue weighted by Crippen LogP contribution is 2.30. The van der Waals surface area contributed by atoms with Gasteiger partial charge in [0.1, 0.15) is 10.9 Å². The first-order valence-corrected chi connectivity index (χ1v) is 13.0. The first-order chi connectivity index (χ1) is 16.3. The molecule has 2 aromatic carbocycles. The summed E-state index contributed by atoms with van der Waals surface area (Å²) in [4.78, 5) is 40.4. The number of benzene rings is 2. The number of nitrogens with one attached hydrogen (secondary N) is 1. The molecule has 0 unspecified atom stereocenters. The topological polar surface area (TPSA) is 104 Å². The van der Waals surface area contributed by atoms with Crippen LogP contribution in [0.2, 0.25) is 0 Å². The molecule has 2 aromatic rings. The van der Waals surface area contributed by atoms with E-state index < -0.39 is 22.0 Å². The molecule has 1 atom stereocenters. The number of rotatable bonds is 11. The molecular formula is C25H31N3O5S. The Morgan fingerprint density at radius 1 is 1.03 bits per heavy atom. The monoisotopic (exact) mass is 485 g/mol. The minimum atomic E-state index is -4.00. The van der Waals surface area contributed by atoms with E-state index in [1.54, 1.807) is 12.1 Å². The van der Waals surface area contributed by atoms with Gasteiger partial charge in [0.15, 0.2) is 0 Å². The lowest BCUT2D eigenvalue weighted by molar-refractivity contribution is -0.141. The summed E-state index contributed by atoms with van der Waals surface area (Å²) in [5.41, 5.74) is 0.964. The number of unbranched alkanes of at least 4 members (excludes halogenated alkanes) is 1. The normalized spacial score (nSPS) is 15.0. The van der Waals surface area contributed by atoms with Gasteiger partial charge in [-0.15, -0.1) is 0 Å². The highest BCUT2D eigenvalue weighted by Gasteiger charge is 2.41. The Bertz CT molecular complexity index is 1130. The number of fused-ring (bicyclic) bond motifs is 1. The van der Waals surface area contributed by atoms with E-state index in [2.05, 4.69) is 5.32 Å². The molecular weight excluding hydrogens is 454 g/mol. The summed E-state index contributed by atoms with van der Waals surface area (Å²) >= 11 is 0. The van der Waals surface area contributed by atoms with Gasteiger partial charge in [0, 0.05) is 26.1 Å². The van der Waals surface area contributed by atoms with Crippen molar-refractivity contribution in [2.24, 2.45) is 0 Å². The molecule has 1 aliphatic heterocycles. The van der Waals surface area contributed by atoms with Crippen LogP contribution in [0.3, 0.4) is 0 Å². The van der Waals surface area contributed by atoms with E-state index in [1.807, 2.05) is 44.2 Å². The van der Waals surface area contributed by atoms with Crippen molar-refractivity contribution in [2.75, 3.05) is 13.1 Å². The number of hydrogen-bond donors (Lipinski definition) is 1. The van der Waals surface area contributed by atoms with E-state index in [1.165, 1.54) is 17.0 Å². The number of carbonyl (C=O) groups is 3. The highest BCUT2D eigenvalue weighted by molar-refractivity contribution is 7.90. The largest absolute Gasteiger partial charge is 0.354 e. The first kappa shape index (κ1) is 25.4. The summed E-state index contributed by atoms with van der Waals surface area (Å²) in [6.45, 7) is 4.31. The molecule has 8 nitrogen and oxygen atoms in total. The molecule has 0 saturated heterocycles. The van der Waals surface area contributed by atoms with E-state index in [4.69, 9.17) is 0 Å². The smallest absolute Gasteiger partial charge is 0.269 e. The summed E-state index contributed by atoms with van der Waals surface area (Å²) in [7, 11) is -4.00. The molecule has 1 heterocycles. The van der Waals surface area contributed by atoms with Crippen molar-refractivity contribution in [3.63, 3.8) is 0 Å². The van der Waals surface area contributed by atoms with Gasteiger partial charge in [-0.2, -0.15) is 0 Å². The zero-order valence-corrected chi connectivity index (χ0v) is 20.4. The second-order valence-electron chi connectivity index (χ2n) is 8.20. The van der Waals surface area contributed by atoms with Crippen molar-refractivity contribution in [3.05, 3.63) is 65.7 Å². The first-order valence-electron chi connectivity index (χ1n) is 11.6. The Labute approximate surface area is 201 Å². The van der Waals surface area contributed by atoms with Gasteiger partial charge in [0.05, 0.1) is 5.56 Å². The van der Waals surface area contributed by atoms with Crippen LogP contribution in [-0.4, -0.2) is 54.5 Å². The number of sulfonamides is 1. The molecule has 0 saturated carbocycles. The fourth-order valence-electron chi connectivity index (χ4n) is 4.00. The number of nitrogens with zero attached hydrogens (tertiary/aromatic N) is 2. The van der Waals surface area contributed by atoms with Gasteiger partial charge in [0.2, 0.25) is 11.8 Å². The average molecular weight is 486 g/mol. The second kappa shape index (κ2) is 11.3. The van der Waals surface area contributed by atoms with Gasteiger partial charge in [-0.25, -0.2) is 12.7 Å². The van der Waals surface area contributed by atoms with Crippen LogP contribution < -0.4 is 5.32 Å². The van der Waals surface area contributed by atoms with Crippen LogP contribution in [0.15, 0.2) is 59.5 Å². The third-order valence-electron chi connectivity index (χ3n) is 5.85. The maximum absolute atomic E-state index is 13.3. The van der Waals surface area contributed by atoms with E-state index >= 15 is 0 Å². The van der Waals surface area contributed by atoms with Gasteiger partial charge in [-0.3, -0.25) is 14.4 Å². The average Bonchev–Trinajstić information content (AvgIpc) is 3.03. The van der Waals surface area contributed by atoms with Crippen LogP contribution >= 0.6 is 0 Å². The van der Waals surface area contributed by atoms with Crippen LogP contribution in [0.1, 0.15) is 55.5 Å². The van der Waals surface area contributed by atoms with Crippen molar-refractivity contribution >= 4 is 27.7 Å². The van der Waals surface area contributed by atoms with E-state index in [0.29, 0.717) is 13.0 Å². The molecule has 0 bridgehead atoms. The van der Waals surface area contributed by atoms with Gasteiger partial charge in [0.25, 0.3) is 15.9 Å². The zero-order valence-electron chi connectivity index (χ0n) is 19.6. The van der Waals surface area contributed by atoms with E-state index in [0.717, 1.165) is 22.7 Å². The summed E-state index contributed by atoms with van der Waals surface area (Å²) in [5, 5.41) is 2.89. The van der Waals surface area contributed by atoms with Crippen molar-refractivity contribution in [1.82, 2.24) is 14.5 Å². The Morgan fingerprint density at radius 2 is 1.71 bits per heavy atom. The molecule has 0 spiro atoms. The zero-order chi connectivity index (χ0) is 24.7. The second-order valence-corrected chi connectivity index (χ2v) is 10.0. The van der Waals surface area contributed by atoms with Crippen LogP contribution in [-0.2, 0) is 26.2 Å². The molecule has 1 N–H and O–H groups in total. The van der Waals surface area contributed by atoms with E-state index in [9.17, 15) is 22.8 Å². The molecule has 3 amide bonds. The highest BCUT2D eigenvalue weighted by atomic mass is 32.2. The van der Waals surface area contributed by atoms with Crippen molar-refractivity contribution in [3.8, 4) is 0 Å². The van der Waals surface area contributed by atoms with E-state index in [-0.39, 0.29) is 41.8 Å². The Balaban J connectivity index is 1.78. The molecule has 182 valence electrons. The SMILES string of the molecule is CCCCNC(=O)[C@H](CC)N(Cc1ccccc1)C(=O)CCN1C(=O)c2ccccc2S1(=O)=O. The fourth-order valence-corrected chi connectivity index (χ4v) is 5.57. The number of hydrogen-bond acceptors (Lipinski definition) is 5. The Kier molecular flexibility index (Phi) is 8.44. The van der Waals surface area contributed by atoms with Gasteiger partial charge in [-0.05, 0) is 30.5 Å². The lowest BCUT2D eigenvalue weighted by Gasteiger charge is -2.31. The molecule has 0 fully saturated rings. The predicted octanol–water partition coefficient (Wildman–Crippen LogP) is 2.94. The quantitative estimate of drug-likeness (QED) is 0.493. The van der Waals surface area contributed by atoms with Crippen molar-refractivity contribution < 1.29 is 22.8 Å². The molecule has 0 aromatic heterocycles. The van der Waals surface area contributed by atoms with Gasteiger partial charge < -0.3 is 10.2 Å². The minimum absolute atomic E-state index is 0.0460. The summed E-state index contributed by atoms with van der Waals surface area (Å²) < 4.78 is 26.4. The standard InChI is InChI=1S/C25H31N3O5S/c1-3-5-16-26-24(30)21(4-2)27(18-19-11-7-6-8-12-19)23(29)15-17-28-25(31)20-13-9-10-14-22(20)34(28,32)33/h6-14,21H,3-5,15-18H2,1-2H3,(H,26,30)/t21-/m0/s1. The molecule has 34 heavy (non-hydrogen) atoms. The maximum Gasteiger partial charge on any atom is 0.269 e. The molecule has 9 heteroatoms. The van der Waals surface area contributed by atoms with Gasteiger partial charge in [-0.1, -0.05) is 62.7 Å². The van der Waals surface area contributed by atoms with Crippen molar-refractivity contribution in [2.45, 2.75) is 57.0 Å². The summed E-state index contributed by atoms with van der Waals surface area (Å²) in [6, 6.07) is 14.6. The molecule has 1 aliphatic rings. The van der Waals surface area contributed by atoms with Crippen molar-refractivity contribution in [1.29, 1.82) is 0 Å². The lowest BCUT2D eigenvalue weighted by atomic mass is 10.1. The van der Waals surface area contributed by atoms with Crippen LogP contribution in [0, 0.1) is 0 Å². The maximum atomic E-state index is 13.3. The predicted molar refractivity (Wildman–Crippen MR) is 128 cm³/mol. The molecule has 0 radical (unpaired) electrons. The minimum Gasteiger partial charge on any atom is -0.354 e. The summed E-state index contributed by atoms with van der Waals surface area (Å²) in [5.74, 6) is -1.26. The molecule has 3 rings (SSSR count). The number of amides is 3. The number of carbonyl (C=O) groups excluding carboxylic acids is 3. The third-order valence-corrected chi connectivity index (χ3v) is 7.69. The van der Waals surface area contributed by atoms with Crippen LogP contribution in [0.5, 0.6) is 0 Å². The molecule has 0 aliphatic carbocycles. The Hall–Kier alpha value is -3.20. The van der Waals surface area contributed by atoms with Gasteiger partial charge >= 0.3 is 0 Å². The Morgan fingerprint density at radius 3 is 2.35 bits per heavy atom. The third kappa shape index (κ3) is 5.47. The fraction of sp³-hybridized carbons (Fsp3) is 0.400.